The molecule has 2 heterocycles. The summed E-state index contributed by atoms with van der Waals surface area (Å²) in [5.41, 5.74) is 5.15. The number of furan rings is 1. The van der Waals surface area contributed by atoms with E-state index in [-0.39, 0.29) is 0 Å². The van der Waals surface area contributed by atoms with Crippen molar-refractivity contribution in [2.75, 3.05) is 4.90 Å². The Bertz CT molecular complexity index is 2430. The minimum absolute atomic E-state index is 0.898. The molecule has 9 rings (SSSR count). The number of para-hydroxylation sites is 1. The molecule has 0 unspecified atom stereocenters. The van der Waals surface area contributed by atoms with E-state index in [4.69, 9.17) is 4.42 Å². The molecular formula is C38H23NOS. The van der Waals surface area contributed by atoms with E-state index in [0.29, 0.717) is 0 Å². The second-order valence-corrected chi connectivity index (χ2v) is 11.6. The standard InChI is InChI=1S/C38H23NOS/c1-2-10-26(11-3-1)39(27-20-19-25-18-17-24-9-4-5-12-28(24)31(25)23-27)32-14-8-15-33-36(32)37-34(40-33)22-21-30-29-13-6-7-16-35(29)41-38(30)37/h1-23H. The summed E-state index contributed by atoms with van der Waals surface area (Å²) in [4.78, 5) is 2.38. The van der Waals surface area contributed by atoms with Crippen LogP contribution in [0, 0.1) is 0 Å². The van der Waals surface area contributed by atoms with E-state index in [1.807, 2.05) is 11.3 Å². The normalized spacial score (nSPS) is 11.9. The molecule has 0 saturated carbocycles. The van der Waals surface area contributed by atoms with Gasteiger partial charge in [0.25, 0.3) is 0 Å². The molecule has 2 nitrogen and oxygen atoms in total. The summed E-state index contributed by atoms with van der Waals surface area (Å²) < 4.78 is 9.09. The van der Waals surface area contributed by atoms with Crippen LogP contribution in [-0.4, -0.2) is 0 Å². The quantitative estimate of drug-likeness (QED) is 0.207. The van der Waals surface area contributed by atoms with Crippen molar-refractivity contribution in [3.63, 3.8) is 0 Å². The van der Waals surface area contributed by atoms with Crippen LogP contribution in [-0.2, 0) is 0 Å². The lowest BCUT2D eigenvalue weighted by Crippen LogP contribution is -2.10. The molecule has 0 aliphatic rings. The van der Waals surface area contributed by atoms with Gasteiger partial charge in [-0.05, 0) is 76.1 Å². The van der Waals surface area contributed by atoms with Crippen LogP contribution in [0.15, 0.2) is 144 Å². The van der Waals surface area contributed by atoms with Crippen LogP contribution in [0.1, 0.15) is 0 Å². The molecule has 0 radical (unpaired) electrons. The van der Waals surface area contributed by atoms with E-state index in [9.17, 15) is 0 Å². The minimum Gasteiger partial charge on any atom is -0.456 e. The Balaban J connectivity index is 1.39. The molecule has 0 aliphatic heterocycles. The monoisotopic (exact) mass is 541 g/mol. The number of nitrogens with zero attached hydrogens (tertiary/aromatic N) is 1. The number of rotatable bonds is 3. The van der Waals surface area contributed by atoms with Gasteiger partial charge in [-0.2, -0.15) is 0 Å². The van der Waals surface area contributed by atoms with Crippen LogP contribution >= 0.6 is 11.3 Å². The first-order valence-corrected chi connectivity index (χ1v) is 14.7. The third-order valence-electron chi connectivity index (χ3n) is 8.23. The Kier molecular flexibility index (Phi) is 4.80. The maximum atomic E-state index is 6.53. The highest BCUT2D eigenvalue weighted by molar-refractivity contribution is 7.26. The second-order valence-electron chi connectivity index (χ2n) is 10.5. The predicted octanol–water partition coefficient (Wildman–Crippen LogP) is 11.7. The van der Waals surface area contributed by atoms with Gasteiger partial charge in [-0.25, -0.2) is 0 Å². The first-order chi connectivity index (χ1) is 20.3. The van der Waals surface area contributed by atoms with E-state index < -0.39 is 0 Å². The lowest BCUT2D eigenvalue weighted by molar-refractivity contribution is 0.669. The average molecular weight is 542 g/mol. The molecule has 3 heteroatoms. The lowest BCUT2D eigenvalue weighted by atomic mass is 10.0. The second kappa shape index (κ2) is 8.69. The Morgan fingerprint density at radius 2 is 1.20 bits per heavy atom. The highest BCUT2D eigenvalue weighted by atomic mass is 32.1. The van der Waals surface area contributed by atoms with Gasteiger partial charge >= 0.3 is 0 Å². The van der Waals surface area contributed by atoms with Gasteiger partial charge in [0.05, 0.1) is 11.1 Å². The van der Waals surface area contributed by atoms with Crippen molar-refractivity contribution < 1.29 is 4.42 Å². The number of hydrogen-bond donors (Lipinski definition) is 0. The molecule has 7 aromatic carbocycles. The van der Waals surface area contributed by atoms with Crippen molar-refractivity contribution in [2.24, 2.45) is 0 Å². The van der Waals surface area contributed by atoms with Crippen LogP contribution < -0.4 is 4.90 Å². The number of anilines is 3. The predicted molar refractivity (Wildman–Crippen MR) is 176 cm³/mol. The Labute approximate surface area is 240 Å². The Hall–Kier alpha value is -5.12. The summed E-state index contributed by atoms with van der Waals surface area (Å²) >= 11 is 1.85. The fourth-order valence-corrected chi connectivity index (χ4v) is 7.63. The molecule has 192 valence electrons. The molecule has 0 atom stereocenters. The zero-order valence-electron chi connectivity index (χ0n) is 22.0. The summed E-state index contributed by atoms with van der Waals surface area (Å²) in [5.74, 6) is 0. The van der Waals surface area contributed by atoms with Gasteiger partial charge in [0.15, 0.2) is 0 Å². The molecular weight excluding hydrogens is 518 g/mol. The molecule has 0 N–H and O–H groups in total. The zero-order chi connectivity index (χ0) is 26.9. The molecule has 41 heavy (non-hydrogen) atoms. The van der Waals surface area contributed by atoms with Crippen LogP contribution in [0.3, 0.4) is 0 Å². The molecule has 0 spiro atoms. The van der Waals surface area contributed by atoms with Gasteiger partial charge < -0.3 is 9.32 Å². The zero-order valence-corrected chi connectivity index (χ0v) is 22.9. The van der Waals surface area contributed by atoms with Gasteiger partial charge in [-0.3, -0.25) is 0 Å². The largest absolute Gasteiger partial charge is 0.456 e. The maximum Gasteiger partial charge on any atom is 0.137 e. The summed E-state index contributed by atoms with van der Waals surface area (Å²) in [6, 6.07) is 50.0. The summed E-state index contributed by atoms with van der Waals surface area (Å²) in [6.45, 7) is 0. The van der Waals surface area contributed by atoms with E-state index >= 15 is 0 Å². The van der Waals surface area contributed by atoms with Crippen LogP contribution in [0.25, 0.3) is 63.7 Å². The van der Waals surface area contributed by atoms with Crippen molar-refractivity contribution in [3.05, 3.63) is 140 Å². The summed E-state index contributed by atoms with van der Waals surface area (Å²) in [6.07, 6.45) is 0. The van der Waals surface area contributed by atoms with Crippen molar-refractivity contribution in [1.82, 2.24) is 0 Å². The van der Waals surface area contributed by atoms with Gasteiger partial charge in [-0.15, -0.1) is 11.3 Å². The van der Waals surface area contributed by atoms with Gasteiger partial charge in [0.2, 0.25) is 0 Å². The van der Waals surface area contributed by atoms with Crippen LogP contribution in [0.5, 0.6) is 0 Å². The first-order valence-electron chi connectivity index (χ1n) is 13.9. The fourth-order valence-electron chi connectivity index (χ4n) is 6.39. The molecule has 0 fully saturated rings. The molecule has 0 bridgehead atoms. The smallest absolute Gasteiger partial charge is 0.137 e. The SMILES string of the molecule is c1ccc(N(c2ccc3ccc4ccccc4c3c2)c2cccc3oc4ccc5c6ccccc6sc5c4c23)cc1. The first kappa shape index (κ1) is 22.7. The van der Waals surface area contributed by atoms with Crippen molar-refractivity contribution in [1.29, 1.82) is 0 Å². The van der Waals surface area contributed by atoms with Crippen molar-refractivity contribution in [2.45, 2.75) is 0 Å². The van der Waals surface area contributed by atoms with E-state index in [0.717, 1.165) is 33.6 Å². The molecule has 0 amide bonds. The molecule has 9 aromatic rings. The number of thiophene rings is 1. The minimum atomic E-state index is 0.898. The van der Waals surface area contributed by atoms with Crippen molar-refractivity contribution >= 4 is 92.1 Å². The Morgan fingerprint density at radius 1 is 0.463 bits per heavy atom. The van der Waals surface area contributed by atoms with Crippen LogP contribution in [0.2, 0.25) is 0 Å². The molecule has 0 saturated heterocycles. The third kappa shape index (κ3) is 3.36. The van der Waals surface area contributed by atoms with E-state index in [1.54, 1.807) is 0 Å². The van der Waals surface area contributed by atoms with E-state index in [1.165, 1.54) is 47.1 Å². The molecule has 2 aromatic heterocycles. The number of benzene rings is 7. The summed E-state index contributed by atoms with van der Waals surface area (Å²) in [5, 5.41) is 9.89. The highest BCUT2D eigenvalue weighted by Gasteiger charge is 2.22. The Morgan fingerprint density at radius 3 is 2.10 bits per heavy atom. The average Bonchev–Trinajstić information content (AvgIpc) is 3.60. The van der Waals surface area contributed by atoms with Crippen LogP contribution in [0.4, 0.5) is 17.1 Å². The number of fused-ring (bicyclic) bond motifs is 10. The van der Waals surface area contributed by atoms with Gasteiger partial charge in [0, 0.05) is 36.9 Å². The van der Waals surface area contributed by atoms with Gasteiger partial charge in [-0.1, -0.05) is 84.9 Å². The third-order valence-corrected chi connectivity index (χ3v) is 9.43. The summed E-state index contributed by atoms with van der Waals surface area (Å²) in [7, 11) is 0. The van der Waals surface area contributed by atoms with E-state index in [2.05, 4.69) is 144 Å². The topological polar surface area (TPSA) is 16.4 Å². The number of hydrogen-bond acceptors (Lipinski definition) is 3. The fraction of sp³-hybridized carbons (Fsp3) is 0. The molecule has 0 aliphatic carbocycles. The highest BCUT2D eigenvalue weighted by Crippen LogP contribution is 2.48. The maximum absolute atomic E-state index is 6.53. The lowest BCUT2D eigenvalue weighted by Gasteiger charge is -2.26. The van der Waals surface area contributed by atoms with Gasteiger partial charge in [0.1, 0.15) is 11.2 Å². The van der Waals surface area contributed by atoms with Crippen molar-refractivity contribution in [3.8, 4) is 0 Å².